The van der Waals surface area contributed by atoms with E-state index in [2.05, 4.69) is 15.7 Å². The zero-order chi connectivity index (χ0) is 2.71. The van der Waals surface area contributed by atoms with E-state index in [1.54, 1.807) is 24.6 Å². The van der Waals surface area contributed by atoms with E-state index in [4.69, 9.17) is 0 Å². The fraction of sp³-hybridized carbons (Fsp3) is 0. The molecule has 0 spiro atoms. The monoisotopic (exact) mass is 318 g/mol. The van der Waals surface area contributed by atoms with Gasteiger partial charge in [0.2, 0.25) is 0 Å². The summed E-state index contributed by atoms with van der Waals surface area (Å²) in [6, 6.07) is 0. The normalized spacial score (nSPS) is 2.75. The number of hydrogen-bond acceptors (Lipinski definition) is 0. The van der Waals surface area contributed by atoms with Crippen molar-refractivity contribution >= 4 is 6.61 Å². The van der Waals surface area contributed by atoms with Gasteiger partial charge < -0.3 is 0 Å². The second-order valence-corrected chi connectivity index (χ2v) is 7.55. The van der Waals surface area contributed by atoms with Crippen molar-refractivity contribution in [3.8, 4) is 0 Å². The predicted octanol–water partition coefficient (Wildman–Crippen LogP) is 0.641. The van der Waals surface area contributed by atoms with Crippen molar-refractivity contribution in [2.75, 3.05) is 0 Å². The Labute approximate surface area is 58.2 Å². The van der Waals surface area contributed by atoms with Gasteiger partial charge in [-0.1, -0.05) is 0 Å². The molecule has 0 aliphatic heterocycles. The molecule has 4 heteroatoms. The second kappa shape index (κ2) is 8.91. The van der Waals surface area contributed by atoms with Crippen LogP contribution in [0, 0.1) is 0 Å². The molecule has 0 unspecified atom stereocenters. The van der Waals surface area contributed by atoms with Gasteiger partial charge in [0.15, 0.2) is 0 Å². The molecule has 0 rings (SSSR count). The van der Waals surface area contributed by atoms with Crippen molar-refractivity contribution in [1.82, 2.24) is 0 Å². The summed E-state index contributed by atoms with van der Waals surface area (Å²) in [6.45, 7) is 1.77. The first-order valence-corrected chi connectivity index (χ1v) is 6.35. The molecule has 0 amide bonds. The van der Waals surface area contributed by atoms with Gasteiger partial charge in [-0.15, -0.1) is 0 Å². The van der Waals surface area contributed by atoms with Crippen LogP contribution in [0.3, 0.4) is 0 Å². The van der Waals surface area contributed by atoms with Gasteiger partial charge in [0.05, 0.1) is 0 Å². The Balaban J connectivity index is 0. The molecule has 1 radical (unpaired) electrons. The van der Waals surface area contributed by atoms with Crippen LogP contribution in [-0.2, 0) is 52.3 Å². The number of rotatable bonds is 0. The fourth-order valence-corrected chi connectivity index (χ4v) is 0. The van der Waals surface area contributed by atoms with Gasteiger partial charge in [0, 0.05) is 18.6 Å². The molecule has 0 aromatic carbocycles. The van der Waals surface area contributed by atoms with E-state index in [9.17, 15) is 0 Å². The van der Waals surface area contributed by atoms with E-state index in [1.807, 2.05) is 0 Å². The minimum atomic E-state index is 0. The van der Waals surface area contributed by atoms with Gasteiger partial charge >= 0.3 is 40.3 Å². The number of hydrogen-bond donors (Lipinski definition) is 0. The van der Waals surface area contributed by atoms with Crippen molar-refractivity contribution in [1.29, 1.82) is 0 Å². The molecule has 0 heterocycles. The molecule has 0 bridgehead atoms. The molecule has 0 saturated carbocycles. The Kier molecular flexibility index (Phi) is 21.0. The third-order valence-electron chi connectivity index (χ3n) is 0. The molecule has 4 heavy (non-hydrogen) atoms. The maximum atomic E-state index is 2.42. The van der Waals surface area contributed by atoms with Gasteiger partial charge in [-0.05, 0) is 0 Å². The topological polar surface area (TPSA) is 0 Å². The maximum absolute atomic E-state index is 2.42. The van der Waals surface area contributed by atoms with E-state index in [1.165, 1.54) is 0 Å². The van der Waals surface area contributed by atoms with Gasteiger partial charge in [-0.2, -0.15) is 0 Å². The first kappa shape index (κ1) is 9.42. The Bertz CT molecular complexity index is 27.0. The average Bonchev–Trinajstić information content (AvgIpc) is 0.918. The van der Waals surface area contributed by atoms with Crippen molar-refractivity contribution in [2.24, 2.45) is 0 Å². The minimum absolute atomic E-state index is 0. The van der Waals surface area contributed by atoms with Crippen molar-refractivity contribution in [3.05, 3.63) is 0 Å². The van der Waals surface area contributed by atoms with Crippen molar-refractivity contribution < 1.29 is 52.3 Å². The Hall–Kier alpha value is 2.08. The fourth-order valence-electron chi connectivity index (χ4n) is 0. The van der Waals surface area contributed by atoms with Crippen LogP contribution in [0.5, 0.6) is 0 Å². The third-order valence-corrected chi connectivity index (χ3v) is 0. The van der Waals surface area contributed by atoms with Crippen LogP contribution in [-0.4, -0.2) is 0 Å². The van der Waals surface area contributed by atoms with Gasteiger partial charge in [0.25, 0.3) is 0 Å². The first-order valence-electron chi connectivity index (χ1n) is 0.349. The first-order chi connectivity index (χ1) is 1.41. The second-order valence-electron chi connectivity index (χ2n) is 0.0745. The molecule has 0 aromatic rings. The van der Waals surface area contributed by atoms with Crippen LogP contribution in [0.1, 0.15) is 0 Å². The summed E-state index contributed by atoms with van der Waals surface area (Å²) in [6.07, 6.45) is 0. The van der Waals surface area contributed by atoms with Gasteiger partial charge in [-0.25, -0.2) is 0 Å². The molecule has 0 nitrogen and oxygen atoms in total. The molecule has 0 aliphatic carbocycles. The van der Waals surface area contributed by atoms with E-state index in [0.717, 1.165) is 0 Å². The van der Waals surface area contributed by atoms with E-state index in [0.29, 0.717) is 0 Å². The molecule has 22 valence electrons. The molecule has 0 saturated heterocycles. The summed E-state index contributed by atoms with van der Waals surface area (Å²) in [7, 11) is 0. The van der Waals surface area contributed by atoms with Crippen LogP contribution < -0.4 is 0 Å². The summed E-state index contributed by atoms with van der Waals surface area (Å²) >= 11 is 3.98. The standard InChI is InChI=1S/S.2V.W. The van der Waals surface area contributed by atoms with E-state index >= 15 is 0 Å². The van der Waals surface area contributed by atoms with Crippen LogP contribution in [0.25, 0.3) is 0 Å². The molecule has 0 N–H and O–H groups in total. The summed E-state index contributed by atoms with van der Waals surface area (Å²) in [5.74, 6) is 0. The zero-order valence-electron chi connectivity index (χ0n) is 1.71. The molecule has 0 aliphatic rings. The predicted molar refractivity (Wildman–Crippen MR) is 7.59 cm³/mol. The third kappa shape index (κ3) is 8.95. The van der Waals surface area contributed by atoms with Crippen molar-refractivity contribution in [3.63, 3.8) is 0 Å². The zero-order valence-corrected chi connectivity index (χ0v) is 8.25. The van der Waals surface area contributed by atoms with E-state index in [-0.39, 0.29) is 18.6 Å². The van der Waals surface area contributed by atoms with Crippen LogP contribution >= 0.6 is 6.61 Å². The summed E-state index contributed by atoms with van der Waals surface area (Å²) in [5.41, 5.74) is 0. The van der Waals surface area contributed by atoms with Crippen molar-refractivity contribution in [2.45, 2.75) is 0 Å². The quantitative estimate of drug-likeness (QED) is 0.615. The molecule has 0 atom stereocenters. The van der Waals surface area contributed by atoms with Crippen LogP contribution in [0.2, 0.25) is 0 Å². The SMILES string of the molecule is [V].[V]=[S]=[W]. The van der Waals surface area contributed by atoms with Crippen LogP contribution in [0.15, 0.2) is 0 Å². The molecular weight excluding hydrogens is 318 g/mol. The Morgan fingerprint density at radius 2 is 1.75 bits per heavy atom. The average molecular weight is 318 g/mol. The van der Waals surface area contributed by atoms with Gasteiger partial charge in [-0.3, -0.25) is 0 Å². The molecular formula is SV2W. The Morgan fingerprint density at radius 3 is 1.75 bits per heavy atom. The summed E-state index contributed by atoms with van der Waals surface area (Å²) in [4.78, 5) is 0. The summed E-state index contributed by atoms with van der Waals surface area (Å²) < 4.78 is 0. The Morgan fingerprint density at radius 1 is 1.75 bits per heavy atom. The van der Waals surface area contributed by atoms with Crippen LogP contribution in [0.4, 0.5) is 0 Å². The molecule has 0 fully saturated rings. The summed E-state index contributed by atoms with van der Waals surface area (Å²) in [5, 5.41) is 0. The van der Waals surface area contributed by atoms with E-state index < -0.39 is 0 Å². The molecule has 0 aromatic heterocycles. The van der Waals surface area contributed by atoms with Gasteiger partial charge in [0.1, 0.15) is 0 Å².